The molecule has 0 unspecified atom stereocenters. The minimum absolute atomic E-state index is 0.493. The van der Waals surface area contributed by atoms with E-state index in [-0.39, 0.29) is 0 Å². The third-order valence-corrected chi connectivity index (χ3v) is 4.05. The molecule has 0 amide bonds. The molecule has 4 heteroatoms. The second-order valence-corrected chi connectivity index (χ2v) is 5.72. The van der Waals surface area contributed by atoms with Crippen LogP contribution in [-0.4, -0.2) is 11.4 Å². The number of oxime groups is 1. The molecular formula is C18H14BrNO2. The summed E-state index contributed by atoms with van der Waals surface area (Å²) in [4.78, 5) is 0. The van der Waals surface area contributed by atoms with Crippen molar-refractivity contribution in [2.75, 3.05) is 0 Å². The maximum Gasteiger partial charge on any atom is 0.134 e. The number of hydrogen-bond acceptors (Lipinski definition) is 3. The van der Waals surface area contributed by atoms with E-state index in [1.54, 1.807) is 0 Å². The Morgan fingerprint density at radius 2 is 1.86 bits per heavy atom. The maximum atomic E-state index is 8.56. The van der Waals surface area contributed by atoms with Gasteiger partial charge in [0.05, 0.1) is 10.7 Å². The molecule has 0 heterocycles. The minimum Gasteiger partial charge on any atom is -0.488 e. The number of ether oxygens (including phenoxy) is 1. The van der Waals surface area contributed by atoms with Crippen molar-refractivity contribution in [2.24, 2.45) is 5.16 Å². The molecule has 3 aromatic carbocycles. The van der Waals surface area contributed by atoms with Crippen molar-refractivity contribution in [3.05, 3.63) is 76.3 Å². The van der Waals surface area contributed by atoms with Crippen LogP contribution in [0.1, 0.15) is 11.1 Å². The lowest BCUT2D eigenvalue weighted by Gasteiger charge is -2.11. The van der Waals surface area contributed by atoms with Gasteiger partial charge in [0, 0.05) is 0 Å². The van der Waals surface area contributed by atoms with E-state index in [0.717, 1.165) is 21.3 Å². The van der Waals surface area contributed by atoms with Crippen LogP contribution in [0.25, 0.3) is 10.8 Å². The number of nitrogens with zero attached hydrogens (tertiary/aromatic N) is 1. The van der Waals surface area contributed by atoms with Gasteiger partial charge in [-0.15, -0.1) is 0 Å². The Morgan fingerprint density at radius 3 is 2.68 bits per heavy atom. The van der Waals surface area contributed by atoms with E-state index in [9.17, 15) is 0 Å². The predicted octanol–water partition coefficient (Wildman–Crippen LogP) is 4.99. The Kier molecular flexibility index (Phi) is 4.39. The first-order valence-electron chi connectivity index (χ1n) is 6.84. The van der Waals surface area contributed by atoms with Gasteiger partial charge in [-0.3, -0.25) is 0 Å². The van der Waals surface area contributed by atoms with Crippen molar-refractivity contribution in [3.63, 3.8) is 0 Å². The second kappa shape index (κ2) is 6.62. The predicted molar refractivity (Wildman–Crippen MR) is 91.8 cm³/mol. The second-order valence-electron chi connectivity index (χ2n) is 4.86. The van der Waals surface area contributed by atoms with E-state index >= 15 is 0 Å². The van der Waals surface area contributed by atoms with Gasteiger partial charge in [-0.05, 0) is 56.0 Å². The fourth-order valence-electron chi connectivity index (χ4n) is 2.35. The molecule has 22 heavy (non-hydrogen) atoms. The molecule has 0 aliphatic rings. The average molecular weight is 356 g/mol. The van der Waals surface area contributed by atoms with E-state index in [1.165, 1.54) is 17.0 Å². The lowest BCUT2D eigenvalue weighted by atomic mass is 10.1. The van der Waals surface area contributed by atoms with Gasteiger partial charge in [0.15, 0.2) is 0 Å². The smallest absolute Gasteiger partial charge is 0.134 e. The standard InChI is InChI=1S/C18H14BrNO2/c19-17-10-13(11-20-21)8-9-18(17)22-12-15-6-3-5-14-4-1-2-7-16(14)15/h1-11,21H,12H2/b20-11-. The largest absolute Gasteiger partial charge is 0.488 e. The Balaban J connectivity index is 1.82. The zero-order chi connectivity index (χ0) is 15.4. The summed E-state index contributed by atoms with van der Waals surface area (Å²) in [6.07, 6.45) is 1.37. The number of benzene rings is 3. The van der Waals surface area contributed by atoms with Crippen molar-refractivity contribution < 1.29 is 9.94 Å². The lowest BCUT2D eigenvalue weighted by molar-refractivity contribution is 0.305. The van der Waals surface area contributed by atoms with Gasteiger partial charge < -0.3 is 9.94 Å². The summed E-state index contributed by atoms with van der Waals surface area (Å²) in [7, 11) is 0. The van der Waals surface area contributed by atoms with Gasteiger partial charge >= 0.3 is 0 Å². The quantitative estimate of drug-likeness (QED) is 0.407. The Hall–Kier alpha value is -2.33. The molecule has 3 aromatic rings. The molecule has 3 nitrogen and oxygen atoms in total. The van der Waals surface area contributed by atoms with E-state index in [2.05, 4.69) is 45.4 Å². The number of hydrogen-bond donors (Lipinski definition) is 1. The molecule has 0 fully saturated rings. The highest BCUT2D eigenvalue weighted by Gasteiger charge is 2.05. The summed E-state index contributed by atoms with van der Waals surface area (Å²) in [5.41, 5.74) is 1.94. The molecule has 0 radical (unpaired) electrons. The topological polar surface area (TPSA) is 41.8 Å². The molecule has 3 rings (SSSR count). The van der Waals surface area contributed by atoms with E-state index in [4.69, 9.17) is 9.94 Å². The molecule has 0 aliphatic carbocycles. The highest BCUT2D eigenvalue weighted by atomic mass is 79.9. The number of fused-ring (bicyclic) bond motifs is 1. The summed E-state index contributed by atoms with van der Waals surface area (Å²) < 4.78 is 6.73. The first-order chi connectivity index (χ1) is 10.8. The molecule has 0 saturated carbocycles. The van der Waals surface area contributed by atoms with Gasteiger partial charge in [0.25, 0.3) is 0 Å². The average Bonchev–Trinajstić information content (AvgIpc) is 2.54. The molecule has 0 bridgehead atoms. The van der Waals surface area contributed by atoms with Crippen molar-refractivity contribution >= 4 is 32.9 Å². The highest BCUT2D eigenvalue weighted by molar-refractivity contribution is 9.10. The highest BCUT2D eigenvalue weighted by Crippen LogP contribution is 2.27. The monoisotopic (exact) mass is 355 g/mol. The zero-order valence-electron chi connectivity index (χ0n) is 11.7. The number of halogens is 1. The van der Waals surface area contributed by atoms with Gasteiger partial charge in [-0.1, -0.05) is 47.6 Å². The van der Waals surface area contributed by atoms with Crippen molar-refractivity contribution in [2.45, 2.75) is 6.61 Å². The van der Waals surface area contributed by atoms with Gasteiger partial charge in [-0.2, -0.15) is 0 Å². The van der Waals surface area contributed by atoms with Crippen LogP contribution in [0.4, 0.5) is 0 Å². The molecule has 0 atom stereocenters. The van der Waals surface area contributed by atoms with Crippen LogP contribution in [0.15, 0.2) is 70.3 Å². The summed E-state index contributed by atoms with van der Waals surface area (Å²) in [6, 6.07) is 20.0. The van der Waals surface area contributed by atoms with Crippen LogP contribution >= 0.6 is 15.9 Å². The van der Waals surface area contributed by atoms with Gasteiger partial charge in [0.1, 0.15) is 12.4 Å². The SMILES string of the molecule is O/N=C\c1ccc(OCc2cccc3ccccc23)c(Br)c1. The van der Waals surface area contributed by atoms with E-state index < -0.39 is 0 Å². The molecule has 0 aromatic heterocycles. The molecule has 110 valence electrons. The Morgan fingerprint density at radius 1 is 1.05 bits per heavy atom. The maximum absolute atomic E-state index is 8.56. The van der Waals surface area contributed by atoms with E-state index in [0.29, 0.717) is 6.61 Å². The fraction of sp³-hybridized carbons (Fsp3) is 0.0556. The zero-order valence-corrected chi connectivity index (χ0v) is 13.3. The van der Waals surface area contributed by atoms with Crippen LogP contribution in [-0.2, 0) is 6.61 Å². The minimum atomic E-state index is 0.493. The third kappa shape index (κ3) is 3.12. The van der Waals surface area contributed by atoms with Crippen molar-refractivity contribution in [3.8, 4) is 5.75 Å². The first kappa shape index (κ1) is 14.6. The van der Waals surface area contributed by atoms with Crippen molar-refractivity contribution in [1.29, 1.82) is 0 Å². The van der Waals surface area contributed by atoms with E-state index in [1.807, 2.05) is 36.4 Å². The summed E-state index contributed by atoms with van der Waals surface area (Å²) in [6.45, 7) is 0.493. The fourth-order valence-corrected chi connectivity index (χ4v) is 2.87. The third-order valence-electron chi connectivity index (χ3n) is 3.43. The van der Waals surface area contributed by atoms with Crippen LogP contribution in [0, 0.1) is 0 Å². The van der Waals surface area contributed by atoms with Crippen LogP contribution in [0.2, 0.25) is 0 Å². The summed E-state index contributed by atoms with van der Waals surface area (Å²) in [5.74, 6) is 0.753. The molecular weight excluding hydrogens is 342 g/mol. The van der Waals surface area contributed by atoms with Gasteiger partial charge in [-0.25, -0.2) is 0 Å². The summed E-state index contributed by atoms with van der Waals surface area (Å²) >= 11 is 3.47. The summed E-state index contributed by atoms with van der Waals surface area (Å²) in [5, 5.41) is 14.0. The van der Waals surface area contributed by atoms with Crippen molar-refractivity contribution in [1.82, 2.24) is 0 Å². The molecule has 0 saturated heterocycles. The molecule has 1 N–H and O–H groups in total. The Bertz CT molecular complexity index is 825. The lowest BCUT2D eigenvalue weighted by Crippen LogP contribution is -1.97. The molecule has 0 spiro atoms. The van der Waals surface area contributed by atoms with Crippen LogP contribution < -0.4 is 4.74 Å². The number of rotatable bonds is 4. The Labute approximate surface area is 137 Å². The normalized spacial score (nSPS) is 11.1. The first-order valence-corrected chi connectivity index (χ1v) is 7.63. The molecule has 0 aliphatic heterocycles. The van der Waals surface area contributed by atoms with Gasteiger partial charge in [0.2, 0.25) is 0 Å². The van der Waals surface area contributed by atoms with Crippen LogP contribution in [0.5, 0.6) is 5.75 Å². The van der Waals surface area contributed by atoms with Crippen LogP contribution in [0.3, 0.4) is 0 Å².